The van der Waals surface area contributed by atoms with Crippen molar-refractivity contribution in [3.05, 3.63) is 34.9 Å². The highest BCUT2D eigenvalue weighted by molar-refractivity contribution is 7.99. The average Bonchev–Trinajstić information content (AvgIpc) is 2.67. The average molecular weight is 455 g/mol. The fourth-order valence-corrected chi connectivity index (χ4v) is 3.61. The summed E-state index contributed by atoms with van der Waals surface area (Å²) in [5.74, 6) is -1.52. The van der Waals surface area contributed by atoms with Gasteiger partial charge in [0, 0.05) is 18.4 Å². The summed E-state index contributed by atoms with van der Waals surface area (Å²) < 4.78 is 0. The molecular formula is C23H38N2O5S. The lowest BCUT2D eigenvalue weighted by atomic mass is 10.1. The zero-order valence-electron chi connectivity index (χ0n) is 19.4. The summed E-state index contributed by atoms with van der Waals surface area (Å²) in [4.78, 5) is 34.5. The molecule has 0 bridgehead atoms. The molecule has 0 aliphatic rings. The molecule has 0 aliphatic carbocycles. The van der Waals surface area contributed by atoms with E-state index in [1.54, 1.807) is 0 Å². The maximum atomic E-state index is 12.1. The number of hydrogen-bond acceptors (Lipinski definition) is 5. The molecule has 7 nitrogen and oxygen atoms in total. The van der Waals surface area contributed by atoms with Crippen LogP contribution in [0.25, 0.3) is 0 Å². The molecule has 176 valence electrons. The van der Waals surface area contributed by atoms with Crippen molar-refractivity contribution in [2.45, 2.75) is 72.4 Å². The number of aliphatic hydroxyl groups excluding tert-OH is 1. The zero-order chi connectivity index (χ0) is 23.8. The van der Waals surface area contributed by atoms with Gasteiger partial charge in [0.15, 0.2) is 0 Å². The van der Waals surface area contributed by atoms with E-state index in [2.05, 4.69) is 56.6 Å². The Kier molecular flexibility index (Phi) is 15.5. The van der Waals surface area contributed by atoms with E-state index in [1.807, 2.05) is 0 Å². The first kappa shape index (κ1) is 28.9. The summed E-state index contributed by atoms with van der Waals surface area (Å²) in [5, 5.41) is 23.2. The number of allylic oxidation sites excluding steroid dienone is 5. The normalized spacial score (nSPS) is 13.9. The monoisotopic (exact) mass is 454 g/mol. The SMILES string of the molecule is CC(=O)NC(CO)C(=O)N[C@@H](CSCC=C(C)CCC=C(C)CCC=C(C)C)C(=O)O. The number of nitrogens with one attached hydrogen (secondary N) is 2. The second kappa shape index (κ2) is 16.6. The van der Waals surface area contributed by atoms with Crippen LogP contribution in [0.3, 0.4) is 0 Å². The first-order chi connectivity index (χ1) is 14.6. The molecule has 0 rings (SSSR count). The Balaban J connectivity index is 4.40. The molecule has 0 aliphatic heterocycles. The molecule has 4 N–H and O–H groups in total. The molecular weight excluding hydrogens is 416 g/mol. The van der Waals surface area contributed by atoms with Crippen molar-refractivity contribution in [3.8, 4) is 0 Å². The first-order valence-electron chi connectivity index (χ1n) is 10.5. The standard InChI is InChI=1S/C23H38N2O5S/c1-16(2)8-6-9-17(3)10-7-11-18(4)12-13-31-15-21(23(29)30)25-22(28)20(14-26)24-19(5)27/h8,10,12,20-21,26H,6-7,9,11,13-15H2,1-5H3,(H,24,27)(H,25,28)(H,29,30)/t20?,21-/m0/s1. The smallest absolute Gasteiger partial charge is 0.327 e. The number of carboxylic acid groups (broad SMARTS) is 1. The van der Waals surface area contributed by atoms with Crippen LogP contribution in [0.2, 0.25) is 0 Å². The van der Waals surface area contributed by atoms with E-state index < -0.39 is 36.5 Å². The van der Waals surface area contributed by atoms with Gasteiger partial charge < -0.3 is 20.8 Å². The van der Waals surface area contributed by atoms with Crippen molar-refractivity contribution in [1.29, 1.82) is 0 Å². The highest BCUT2D eigenvalue weighted by Gasteiger charge is 2.25. The van der Waals surface area contributed by atoms with Crippen molar-refractivity contribution < 1.29 is 24.6 Å². The number of hydrogen-bond donors (Lipinski definition) is 4. The summed E-state index contributed by atoms with van der Waals surface area (Å²) in [7, 11) is 0. The van der Waals surface area contributed by atoms with Crippen LogP contribution in [0.1, 0.15) is 60.3 Å². The summed E-state index contributed by atoms with van der Waals surface area (Å²) in [5.41, 5.74) is 3.97. The largest absolute Gasteiger partial charge is 0.480 e. The predicted molar refractivity (Wildman–Crippen MR) is 127 cm³/mol. The minimum absolute atomic E-state index is 0.187. The number of amides is 2. The number of thioether (sulfide) groups is 1. The quantitative estimate of drug-likeness (QED) is 0.223. The Morgan fingerprint density at radius 3 is 1.97 bits per heavy atom. The van der Waals surface area contributed by atoms with Crippen LogP contribution in [0.5, 0.6) is 0 Å². The summed E-state index contributed by atoms with van der Waals surface area (Å²) in [6, 6.07) is -2.26. The van der Waals surface area contributed by atoms with Crippen LogP contribution in [-0.4, -0.2) is 58.2 Å². The van der Waals surface area contributed by atoms with Crippen molar-refractivity contribution >= 4 is 29.5 Å². The lowest BCUT2D eigenvalue weighted by Crippen LogP contribution is -2.53. The van der Waals surface area contributed by atoms with Gasteiger partial charge in [0.1, 0.15) is 12.1 Å². The van der Waals surface area contributed by atoms with Crippen molar-refractivity contribution in [2.24, 2.45) is 0 Å². The molecule has 8 heteroatoms. The number of carbonyl (C=O) groups is 3. The Morgan fingerprint density at radius 2 is 1.45 bits per heavy atom. The van der Waals surface area contributed by atoms with Crippen LogP contribution >= 0.6 is 11.8 Å². The van der Waals surface area contributed by atoms with E-state index in [0.717, 1.165) is 25.7 Å². The second-order valence-electron chi connectivity index (χ2n) is 7.83. The Labute approximate surface area is 190 Å². The Morgan fingerprint density at radius 1 is 0.871 bits per heavy atom. The molecule has 0 aromatic carbocycles. The molecule has 2 atom stereocenters. The Hall–Kier alpha value is -2.06. The van der Waals surface area contributed by atoms with Crippen molar-refractivity contribution in [2.75, 3.05) is 18.1 Å². The molecule has 1 unspecified atom stereocenters. The van der Waals surface area contributed by atoms with E-state index in [9.17, 15) is 24.6 Å². The Bertz CT molecular complexity index is 681. The van der Waals surface area contributed by atoms with E-state index >= 15 is 0 Å². The molecule has 0 saturated heterocycles. The fourth-order valence-electron chi connectivity index (χ4n) is 2.61. The first-order valence-corrected chi connectivity index (χ1v) is 11.7. The molecule has 0 radical (unpaired) electrons. The van der Waals surface area contributed by atoms with Crippen LogP contribution in [0, 0.1) is 0 Å². The molecule has 2 amide bonds. The van der Waals surface area contributed by atoms with Gasteiger partial charge in [-0.15, -0.1) is 0 Å². The van der Waals surface area contributed by atoms with Gasteiger partial charge in [0.25, 0.3) is 0 Å². The molecule has 0 fully saturated rings. The number of carboxylic acids is 1. The van der Waals surface area contributed by atoms with E-state index in [1.165, 1.54) is 35.4 Å². The fraction of sp³-hybridized carbons (Fsp3) is 0.609. The van der Waals surface area contributed by atoms with Gasteiger partial charge in [-0.25, -0.2) is 4.79 Å². The van der Waals surface area contributed by atoms with Gasteiger partial charge in [-0.05, 0) is 53.4 Å². The van der Waals surface area contributed by atoms with Crippen molar-refractivity contribution in [3.63, 3.8) is 0 Å². The molecule has 0 aromatic rings. The minimum Gasteiger partial charge on any atom is -0.480 e. The third-order valence-electron chi connectivity index (χ3n) is 4.45. The highest BCUT2D eigenvalue weighted by atomic mass is 32.2. The van der Waals surface area contributed by atoms with Crippen LogP contribution in [0.4, 0.5) is 0 Å². The number of aliphatic hydroxyl groups is 1. The number of aliphatic carboxylic acids is 1. The van der Waals surface area contributed by atoms with Gasteiger partial charge in [-0.1, -0.05) is 34.9 Å². The van der Waals surface area contributed by atoms with Gasteiger partial charge in [-0.2, -0.15) is 11.8 Å². The maximum absolute atomic E-state index is 12.1. The number of carbonyl (C=O) groups excluding carboxylic acids is 2. The predicted octanol–water partition coefficient (Wildman–Crippen LogP) is 3.21. The topological polar surface area (TPSA) is 116 Å². The minimum atomic E-state index is -1.16. The van der Waals surface area contributed by atoms with E-state index in [-0.39, 0.29) is 5.75 Å². The van der Waals surface area contributed by atoms with Crippen LogP contribution in [-0.2, 0) is 14.4 Å². The van der Waals surface area contributed by atoms with Gasteiger partial charge in [0.2, 0.25) is 11.8 Å². The lowest BCUT2D eigenvalue weighted by Gasteiger charge is -2.19. The third-order valence-corrected chi connectivity index (χ3v) is 5.42. The molecule has 31 heavy (non-hydrogen) atoms. The highest BCUT2D eigenvalue weighted by Crippen LogP contribution is 2.13. The van der Waals surface area contributed by atoms with Crippen LogP contribution in [0.15, 0.2) is 34.9 Å². The summed E-state index contributed by atoms with van der Waals surface area (Å²) in [6.07, 6.45) is 10.7. The summed E-state index contributed by atoms with van der Waals surface area (Å²) in [6.45, 7) is 9.04. The van der Waals surface area contributed by atoms with Gasteiger partial charge in [0.05, 0.1) is 6.61 Å². The second-order valence-corrected chi connectivity index (χ2v) is 8.91. The van der Waals surface area contributed by atoms with E-state index in [0.29, 0.717) is 5.75 Å². The van der Waals surface area contributed by atoms with Gasteiger partial charge in [-0.3, -0.25) is 9.59 Å². The van der Waals surface area contributed by atoms with Crippen molar-refractivity contribution in [1.82, 2.24) is 10.6 Å². The lowest BCUT2D eigenvalue weighted by molar-refractivity contribution is -0.141. The number of rotatable bonds is 15. The third kappa shape index (κ3) is 15.4. The summed E-state index contributed by atoms with van der Waals surface area (Å²) >= 11 is 1.40. The molecule has 0 heterocycles. The molecule has 0 aromatic heterocycles. The zero-order valence-corrected chi connectivity index (χ0v) is 20.2. The van der Waals surface area contributed by atoms with Crippen LogP contribution < -0.4 is 10.6 Å². The molecule has 0 saturated carbocycles. The molecule has 0 spiro atoms. The van der Waals surface area contributed by atoms with E-state index in [4.69, 9.17) is 0 Å². The van der Waals surface area contributed by atoms with Gasteiger partial charge >= 0.3 is 5.97 Å². The maximum Gasteiger partial charge on any atom is 0.327 e.